The van der Waals surface area contributed by atoms with E-state index in [1.165, 1.54) is 19.1 Å². The van der Waals surface area contributed by atoms with E-state index in [1.54, 1.807) is 38.1 Å². The van der Waals surface area contributed by atoms with Crippen LogP contribution in [0.25, 0.3) is 17.4 Å². The monoisotopic (exact) mass is 430 g/mol. The zero-order chi connectivity index (χ0) is 22.0. The summed E-state index contributed by atoms with van der Waals surface area (Å²) in [5, 5.41) is 10.6. The van der Waals surface area contributed by atoms with Crippen molar-refractivity contribution < 1.29 is 28.5 Å². The molecular weight excluding hydrogens is 412 g/mol. The van der Waals surface area contributed by atoms with E-state index in [1.807, 2.05) is 0 Å². The van der Waals surface area contributed by atoms with Crippen molar-refractivity contribution in [2.45, 2.75) is 26.8 Å². The summed E-state index contributed by atoms with van der Waals surface area (Å²) in [7, 11) is 0. The largest absolute Gasteiger partial charge is 0.464 e. The maximum atomic E-state index is 12.6. The fraction of sp³-hybridized carbons (Fsp3) is 0.250. The van der Waals surface area contributed by atoms with E-state index in [4.69, 9.17) is 9.15 Å². The van der Waals surface area contributed by atoms with Gasteiger partial charge in [-0.2, -0.15) is 0 Å². The van der Waals surface area contributed by atoms with Crippen LogP contribution in [0.1, 0.15) is 25.2 Å². The quantitative estimate of drug-likeness (QED) is 0.290. The molecule has 1 atom stereocenters. The molecule has 156 valence electrons. The molecule has 0 radical (unpaired) electrons. The average Bonchev–Trinajstić information content (AvgIpc) is 3.26. The van der Waals surface area contributed by atoms with Gasteiger partial charge in [-0.25, -0.2) is 4.79 Å². The summed E-state index contributed by atoms with van der Waals surface area (Å²) in [4.78, 5) is 48.3. The molecule has 1 aliphatic heterocycles. The lowest BCUT2D eigenvalue weighted by Crippen LogP contribution is -2.42. The molecule has 0 N–H and O–H groups in total. The van der Waals surface area contributed by atoms with Crippen LogP contribution in [0.15, 0.2) is 39.7 Å². The lowest BCUT2D eigenvalue weighted by Gasteiger charge is -2.19. The number of hydrogen-bond donors (Lipinski definition) is 0. The molecule has 30 heavy (non-hydrogen) atoms. The van der Waals surface area contributed by atoms with Gasteiger partial charge in [-0.15, -0.1) is 0 Å². The van der Waals surface area contributed by atoms with Gasteiger partial charge in [0.05, 0.1) is 16.4 Å². The van der Waals surface area contributed by atoms with Gasteiger partial charge in [0.2, 0.25) is 0 Å². The van der Waals surface area contributed by atoms with Crippen molar-refractivity contribution in [2.75, 3.05) is 6.61 Å². The number of hydrogen-bond acceptors (Lipinski definition) is 8. The number of esters is 1. The van der Waals surface area contributed by atoms with Crippen LogP contribution in [0.2, 0.25) is 0 Å². The number of thioether (sulfide) groups is 1. The number of ether oxygens (including phenoxy) is 1. The third-order valence-electron chi connectivity index (χ3n) is 4.43. The molecule has 2 heterocycles. The number of furan rings is 1. The van der Waals surface area contributed by atoms with Gasteiger partial charge in [0.15, 0.2) is 0 Å². The second-order valence-corrected chi connectivity index (χ2v) is 7.43. The number of nitro benzene ring substituents is 1. The first-order chi connectivity index (χ1) is 14.2. The predicted molar refractivity (Wildman–Crippen MR) is 109 cm³/mol. The molecule has 1 aromatic heterocycles. The Hall–Kier alpha value is -3.40. The van der Waals surface area contributed by atoms with Gasteiger partial charge < -0.3 is 9.15 Å². The van der Waals surface area contributed by atoms with Crippen molar-refractivity contribution in [3.8, 4) is 11.3 Å². The van der Waals surface area contributed by atoms with Gasteiger partial charge in [-0.3, -0.25) is 24.6 Å². The number of imide groups is 1. The van der Waals surface area contributed by atoms with Gasteiger partial charge >= 0.3 is 5.97 Å². The number of carbonyl (C=O) groups excluding carboxylic acids is 3. The summed E-state index contributed by atoms with van der Waals surface area (Å²) < 4.78 is 10.6. The number of benzene rings is 1. The van der Waals surface area contributed by atoms with Crippen molar-refractivity contribution in [2.24, 2.45) is 0 Å². The standard InChI is InChI=1S/C20H18N2O7S/c1-4-28-19(24)12(3)21-18(23)17(30-20(21)25)10-14-7-8-16(29-14)13-6-5-11(2)15(9-13)22(26)27/h5-10,12H,4H2,1-3H3/b17-10+/t12-/m1/s1. The maximum Gasteiger partial charge on any atom is 0.329 e. The summed E-state index contributed by atoms with van der Waals surface area (Å²) in [5.74, 6) is -0.609. The first-order valence-electron chi connectivity index (χ1n) is 9.02. The third kappa shape index (κ3) is 4.13. The highest BCUT2D eigenvalue weighted by Crippen LogP contribution is 2.35. The third-order valence-corrected chi connectivity index (χ3v) is 5.31. The summed E-state index contributed by atoms with van der Waals surface area (Å²) >= 11 is 0.695. The van der Waals surface area contributed by atoms with Crippen LogP contribution < -0.4 is 0 Å². The van der Waals surface area contributed by atoms with E-state index in [2.05, 4.69) is 0 Å². The Bertz CT molecular complexity index is 1070. The van der Waals surface area contributed by atoms with E-state index in [0.717, 1.165) is 4.90 Å². The topological polar surface area (TPSA) is 120 Å². The van der Waals surface area contributed by atoms with Crippen LogP contribution in [0.4, 0.5) is 10.5 Å². The van der Waals surface area contributed by atoms with Crippen molar-refractivity contribution in [1.82, 2.24) is 4.90 Å². The Morgan fingerprint density at radius 3 is 2.73 bits per heavy atom. The molecule has 0 saturated carbocycles. The number of nitrogens with zero attached hydrogens (tertiary/aromatic N) is 2. The Balaban J connectivity index is 1.84. The highest BCUT2D eigenvalue weighted by molar-refractivity contribution is 8.18. The lowest BCUT2D eigenvalue weighted by atomic mass is 10.1. The van der Waals surface area contributed by atoms with E-state index in [0.29, 0.717) is 34.4 Å². The van der Waals surface area contributed by atoms with Crippen molar-refractivity contribution >= 4 is 40.6 Å². The van der Waals surface area contributed by atoms with Crippen LogP contribution in [0, 0.1) is 17.0 Å². The highest BCUT2D eigenvalue weighted by atomic mass is 32.2. The van der Waals surface area contributed by atoms with Crippen molar-refractivity contribution in [3.05, 3.63) is 56.7 Å². The van der Waals surface area contributed by atoms with Crippen molar-refractivity contribution in [3.63, 3.8) is 0 Å². The van der Waals surface area contributed by atoms with Gasteiger partial charge in [0, 0.05) is 23.3 Å². The Morgan fingerprint density at radius 1 is 1.33 bits per heavy atom. The molecule has 0 aliphatic carbocycles. The molecule has 9 nitrogen and oxygen atoms in total. The Labute approximate surface area is 175 Å². The summed E-state index contributed by atoms with van der Waals surface area (Å²) in [5.41, 5.74) is 1.01. The fourth-order valence-electron chi connectivity index (χ4n) is 2.86. The first kappa shape index (κ1) is 21.3. The number of nitro groups is 1. The van der Waals surface area contributed by atoms with Crippen LogP contribution in [-0.2, 0) is 14.3 Å². The van der Waals surface area contributed by atoms with Gasteiger partial charge in [0.1, 0.15) is 17.6 Å². The molecule has 0 unspecified atom stereocenters. The van der Waals surface area contributed by atoms with E-state index >= 15 is 0 Å². The summed E-state index contributed by atoms with van der Waals surface area (Å²) in [6.45, 7) is 4.84. The van der Waals surface area contributed by atoms with Gasteiger partial charge in [-0.1, -0.05) is 12.1 Å². The summed E-state index contributed by atoms with van der Waals surface area (Å²) in [6, 6.07) is 6.89. The Kier molecular flexibility index (Phi) is 6.06. The zero-order valence-electron chi connectivity index (χ0n) is 16.4. The fourth-order valence-corrected chi connectivity index (χ4v) is 3.74. The maximum absolute atomic E-state index is 12.6. The minimum Gasteiger partial charge on any atom is -0.464 e. The normalized spacial score (nSPS) is 16.2. The van der Waals surface area contributed by atoms with Crippen LogP contribution in [0.3, 0.4) is 0 Å². The molecule has 1 fully saturated rings. The number of rotatable bonds is 6. The van der Waals surface area contributed by atoms with Crippen molar-refractivity contribution in [1.29, 1.82) is 0 Å². The molecule has 1 aliphatic rings. The van der Waals surface area contributed by atoms with Crippen LogP contribution in [-0.4, -0.2) is 39.6 Å². The first-order valence-corrected chi connectivity index (χ1v) is 9.83. The minimum atomic E-state index is -1.04. The molecule has 1 aromatic carbocycles. The second-order valence-electron chi connectivity index (χ2n) is 6.44. The average molecular weight is 430 g/mol. The molecule has 2 amide bonds. The van der Waals surface area contributed by atoms with E-state index in [-0.39, 0.29) is 17.2 Å². The molecule has 3 rings (SSSR count). The Morgan fingerprint density at radius 2 is 2.07 bits per heavy atom. The van der Waals surface area contributed by atoms with Gasteiger partial charge in [0.25, 0.3) is 16.8 Å². The zero-order valence-corrected chi connectivity index (χ0v) is 17.2. The molecule has 0 spiro atoms. The summed E-state index contributed by atoms with van der Waals surface area (Å²) in [6.07, 6.45) is 1.40. The molecule has 0 bridgehead atoms. The smallest absolute Gasteiger partial charge is 0.329 e. The second kappa shape index (κ2) is 8.54. The molecule has 1 saturated heterocycles. The molecular formula is C20H18N2O7S. The highest BCUT2D eigenvalue weighted by Gasteiger charge is 2.41. The number of amides is 2. The number of aryl methyl sites for hydroxylation is 1. The molecule has 2 aromatic rings. The molecule has 10 heteroatoms. The SMILES string of the molecule is CCOC(=O)[C@@H](C)N1C(=O)S/C(=C/c2ccc(-c3ccc(C)c([N+](=O)[O-])c3)o2)C1=O. The van der Waals surface area contributed by atoms with Crippen LogP contribution in [0.5, 0.6) is 0 Å². The van der Waals surface area contributed by atoms with Gasteiger partial charge in [-0.05, 0) is 44.7 Å². The van der Waals surface area contributed by atoms with E-state index in [9.17, 15) is 24.5 Å². The number of carbonyl (C=O) groups is 3. The minimum absolute atomic E-state index is 0.0282. The lowest BCUT2D eigenvalue weighted by molar-refractivity contribution is -0.385. The van der Waals surface area contributed by atoms with Crippen LogP contribution >= 0.6 is 11.8 Å². The predicted octanol–water partition coefficient (Wildman–Crippen LogP) is 4.15. The van der Waals surface area contributed by atoms with E-state index < -0.39 is 28.1 Å².